The van der Waals surface area contributed by atoms with Crippen molar-refractivity contribution in [3.8, 4) is 11.8 Å². The van der Waals surface area contributed by atoms with E-state index < -0.39 is 0 Å². The molecule has 0 radical (unpaired) electrons. The minimum atomic E-state index is 0.0551. The maximum Gasteiger partial charge on any atom is 0.254 e. The lowest BCUT2D eigenvalue weighted by molar-refractivity contribution is 0.0639. The van der Waals surface area contributed by atoms with Gasteiger partial charge in [-0.15, -0.1) is 0 Å². The van der Waals surface area contributed by atoms with Crippen LogP contribution < -0.4 is 4.74 Å². The molecular weight excluding hydrogens is 290 g/mol. The molecule has 1 aromatic rings. The van der Waals surface area contributed by atoms with Crippen LogP contribution in [0.25, 0.3) is 0 Å². The monoisotopic (exact) mass is 315 g/mol. The van der Waals surface area contributed by atoms with Crippen molar-refractivity contribution < 1.29 is 9.53 Å². The molecule has 1 amide bonds. The first-order valence-corrected chi connectivity index (χ1v) is 8.29. The molecule has 1 aliphatic rings. The summed E-state index contributed by atoms with van der Waals surface area (Å²) >= 11 is 0. The van der Waals surface area contributed by atoms with Crippen molar-refractivity contribution in [1.29, 1.82) is 5.26 Å². The second-order valence-electron chi connectivity index (χ2n) is 5.91. The standard InChI is InChI=1S/C18H25N3O2/c1-3-15(2)23-17-7-4-6-16(14-17)18(22)21-12-10-20(11-13-21)9-5-8-19/h4,6-7,14-15H,3,5,9-13H2,1-2H3. The van der Waals surface area contributed by atoms with Crippen LogP contribution in [0.4, 0.5) is 0 Å². The molecule has 1 aliphatic heterocycles. The quantitative estimate of drug-likeness (QED) is 0.809. The second-order valence-corrected chi connectivity index (χ2v) is 5.91. The van der Waals surface area contributed by atoms with Gasteiger partial charge in [-0.1, -0.05) is 13.0 Å². The van der Waals surface area contributed by atoms with Gasteiger partial charge in [0.05, 0.1) is 12.2 Å². The topological polar surface area (TPSA) is 56.6 Å². The Morgan fingerprint density at radius 1 is 1.35 bits per heavy atom. The minimum absolute atomic E-state index is 0.0551. The molecule has 124 valence electrons. The highest BCUT2D eigenvalue weighted by Gasteiger charge is 2.22. The normalized spacial score (nSPS) is 16.7. The highest BCUT2D eigenvalue weighted by Crippen LogP contribution is 2.18. The van der Waals surface area contributed by atoms with Crippen molar-refractivity contribution in [2.75, 3.05) is 32.7 Å². The highest BCUT2D eigenvalue weighted by molar-refractivity contribution is 5.94. The van der Waals surface area contributed by atoms with Gasteiger partial charge in [-0.05, 0) is 31.5 Å². The Balaban J connectivity index is 1.93. The van der Waals surface area contributed by atoms with Gasteiger partial charge < -0.3 is 9.64 Å². The summed E-state index contributed by atoms with van der Waals surface area (Å²) in [5.74, 6) is 0.803. The third kappa shape index (κ3) is 4.97. The SMILES string of the molecule is CCC(C)Oc1cccc(C(=O)N2CCN(CCC#N)CC2)c1. The Hall–Kier alpha value is -2.06. The lowest BCUT2D eigenvalue weighted by Crippen LogP contribution is -2.48. The first-order chi connectivity index (χ1) is 11.1. The Kier molecular flexibility index (Phi) is 6.42. The maximum absolute atomic E-state index is 12.6. The molecule has 5 nitrogen and oxygen atoms in total. The molecule has 1 atom stereocenters. The molecule has 0 aromatic heterocycles. The van der Waals surface area contributed by atoms with Crippen molar-refractivity contribution in [3.05, 3.63) is 29.8 Å². The number of carbonyl (C=O) groups is 1. The Morgan fingerprint density at radius 3 is 2.74 bits per heavy atom. The predicted molar refractivity (Wildman–Crippen MR) is 89.4 cm³/mol. The van der Waals surface area contributed by atoms with E-state index in [2.05, 4.69) is 17.9 Å². The fraction of sp³-hybridized carbons (Fsp3) is 0.556. The number of nitriles is 1. The maximum atomic E-state index is 12.6. The summed E-state index contributed by atoms with van der Waals surface area (Å²) < 4.78 is 5.79. The third-order valence-electron chi connectivity index (χ3n) is 4.19. The van der Waals surface area contributed by atoms with Gasteiger partial charge in [-0.25, -0.2) is 0 Å². The van der Waals surface area contributed by atoms with Crippen LogP contribution in [-0.4, -0.2) is 54.5 Å². The van der Waals surface area contributed by atoms with E-state index in [4.69, 9.17) is 10.00 Å². The second kappa shape index (κ2) is 8.54. The van der Waals surface area contributed by atoms with Crippen molar-refractivity contribution >= 4 is 5.91 Å². The van der Waals surface area contributed by atoms with Gasteiger partial charge in [-0.2, -0.15) is 5.26 Å². The summed E-state index contributed by atoms with van der Waals surface area (Å²) in [7, 11) is 0. The Bertz CT molecular complexity index is 560. The van der Waals surface area contributed by atoms with Crippen LogP contribution in [-0.2, 0) is 0 Å². The van der Waals surface area contributed by atoms with Gasteiger partial charge in [0.25, 0.3) is 5.91 Å². The van der Waals surface area contributed by atoms with E-state index in [1.54, 1.807) is 0 Å². The van der Waals surface area contributed by atoms with Crippen molar-refractivity contribution in [1.82, 2.24) is 9.80 Å². The Morgan fingerprint density at radius 2 is 2.09 bits per heavy atom. The first-order valence-electron chi connectivity index (χ1n) is 8.29. The number of hydrogen-bond donors (Lipinski definition) is 0. The lowest BCUT2D eigenvalue weighted by Gasteiger charge is -2.34. The van der Waals surface area contributed by atoms with Crippen LogP contribution in [0.2, 0.25) is 0 Å². The number of carbonyl (C=O) groups excluding carboxylic acids is 1. The molecule has 0 spiro atoms. The molecule has 2 rings (SSSR count). The van der Waals surface area contributed by atoms with E-state index in [0.29, 0.717) is 25.1 Å². The molecule has 1 aromatic carbocycles. The van der Waals surface area contributed by atoms with E-state index in [0.717, 1.165) is 31.8 Å². The molecule has 0 saturated carbocycles. The average molecular weight is 315 g/mol. The molecule has 0 aliphatic carbocycles. The summed E-state index contributed by atoms with van der Waals surface area (Å²) in [6.07, 6.45) is 1.62. The molecule has 5 heteroatoms. The van der Waals surface area contributed by atoms with Gasteiger partial charge in [0.2, 0.25) is 0 Å². The summed E-state index contributed by atoms with van der Waals surface area (Å²) in [6.45, 7) is 7.96. The van der Waals surface area contributed by atoms with Gasteiger partial charge in [0, 0.05) is 44.7 Å². The van der Waals surface area contributed by atoms with Crippen LogP contribution in [0.5, 0.6) is 5.75 Å². The summed E-state index contributed by atoms with van der Waals surface area (Å²) in [5, 5.41) is 8.64. The number of ether oxygens (including phenoxy) is 1. The van der Waals surface area contributed by atoms with Gasteiger partial charge in [0.15, 0.2) is 0 Å². The molecule has 23 heavy (non-hydrogen) atoms. The summed E-state index contributed by atoms with van der Waals surface area (Å²) in [6, 6.07) is 9.60. The van der Waals surface area contributed by atoms with Crippen LogP contribution in [0, 0.1) is 11.3 Å². The molecule has 1 heterocycles. The van der Waals surface area contributed by atoms with Crippen LogP contribution in [0.1, 0.15) is 37.0 Å². The fourth-order valence-electron chi connectivity index (χ4n) is 2.58. The number of amides is 1. The smallest absolute Gasteiger partial charge is 0.254 e. The van der Waals surface area contributed by atoms with Gasteiger partial charge >= 0.3 is 0 Å². The van der Waals surface area contributed by atoms with E-state index in [-0.39, 0.29) is 12.0 Å². The molecule has 1 saturated heterocycles. The van der Waals surface area contributed by atoms with Gasteiger partial charge in [-0.3, -0.25) is 9.69 Å². The van der Waals surface area contributed by atoms with E-state index in [9.17, 15) is 4.79 Å². The number of piperazine rings is 1. The zero-order valence-corrected chi connectivity index (χ0v) is 14.0. The molecule has 1 fully saturated rings. The minimum Gasteiger partial charge on any atom is -0.491 e. The zero-order chi connectivity index (χ0) is 16.7. The molecule has 0 N–H and O–H groups in total. The van der Waals surface area contributed by atoms with Crippen molar-refractivity contribution in [3.63, 3.8) is 0 Å². The van der Waals surface area contributed by atoms with E-state index >= 15 is 0 Å². The number of benzene rings is 1. The predicted octanol–water partition coefficient (Wildman–Crippen LogP) is 2.54. The van der Waals surface area contributed by atoms with E-state index in [1.165, 1.54) is 0 Å². The zero-order valence-electron chi connectivity index (χ0n) is 14.0. The summed E-state index contributed by atoms with van der Waals surface area (Å²) in [5.41, 5.74) is 0.677. The number of nitrogens with zero attached hydrogens (tertiary/aromatic N) is 3. The Labute approximate surface area is 138 Å². The largest absolute Gasteiger partial charge is 0.491 e. The molecular formula is C18H25N3O2. The van der Waals surface area contributed by atoms with Crippen molar-refractivity contribution in [2.24, 2.45) is 0 Å². The van der Waals surface area contributed by atoms with Crippen LogP contribution in [0.15, 0.2) is 24.3 Å². The van der Waals surface area contributed by atoms with Crippen LogP contribution >= 0.6 is 0 Å². The summed E-state index contributed by atoms with van der Waals surface area (Å²) in [4.78, 5) is 16.7. The third-order valence-corrected chi connectivity index (χ3v) is 4.19. The first kappa shape index (κ1) is 17.3. The fourth-order valence-corrected chi connectivity index (χ4v) is 2.58. The molecule has 0 bridgehead atoms. The number of rotatable bonds is 6. The average Bonchev–Trinajstić information content (AvgIpc) is 2.60. The van der Waals surface area contributed by atoms with Crippen molar-refractivity contribution in [2.45, 2.75) is 32.8 Å². The van der Waals surface area contributed by atoms with E-state index in [1.807, 2.05) is 36.1 Å². The molecule has 1 unspecified atom stereocenters. The number of hydrogen-bond acceptors (Lipinski definition) is 4. The van der Waals surface area contributed by atoms with Gasteiger partial charge in [0.1, 0.15) is 5.75 Å². The lowest BCUT2D eigenvalue weighted by atomic mass is 10.1. The highest BCUT2D eigenvalue weighted by atomic mass is 16.5. The van der Waals surface area contributed by atoms with Crippen LogP contribution in [0.3, 0.4) is 0 Å².